The van der Waals surface area contributed by atoms with Gasteiger partial charge in [0.2, 0.25) is 0 Å². The molecule has 0 radical (unpaired) electrons. The van der Waals surface area contributed by atoms with Gasteiger partial charge in [-0.15, -0.1) is 11.3 Å². The van der Waals surface area contributed by atoms with Crippen molar-refractivity contribution in [2.24, 2.45) is 0 Å². The average Bonchev–Trinajstić information content (AvgIpc) is 2.74. The number of benzene rings is 1. The normalized spacial score (nSPS) is 10.1. The number of nitrogens with one attached hydrogen (secondary N) is 1. The van der Waals surface area contributed by atoms with Crippen molar-refractivity contribution in [1.82, 2.24) is 4.98 Å². The first-order valence-electron chi connectivity index (χ1n) is 5.86. The molecule has 20 heavy (non-hydrogen) atoms. The van der Waals surface area contributed by atoms with Crippen LogP contribution in [0.5, 0.6) is 0 Å². The third-order valence-electron chi connectivity index (χ3n) is 2.77. The number of nitriles is 1. The van der Waals surface area contributed by atoms with Gasteiger partial charge in [-0.05, 0) is 26.0 Å². The van der Waals surface area contributed by atoms with Gasteiger partial charge in [-0.3, -0.25) is 10.1 Å². The Morgan fingerprint density at radius 2 is 2.25 bits per heavy atom. The Kier molecular flexibility index (Phi) is 3.96. The highest BCUT2D eigenvalue weighted by Gasteiger charge is 2.13. The number of aromatic nitrogens is 1. The zero-order valence-electron chi connectivity index (χ0n) is 11.0. The molecule has 1 aromatic heterocycles. The lowest BCUT2D eigenvalue weighted by atomic mass is 10.1. The molecule has 2 rings (SSSR count). The van der Waals surface area contributed by atoms with Crippen LogP contribution in [0.1, 0.15) is 21.1 Å². The van der Waals surface area contributed by atoms with Gasteiger partial charge in [-0.25, -0.2) is 4.98 Å². The van der Waals surface area contributed by atoms with E-state index < -0.39 is 4.92 Å². The molecule has 0 spiro atoms. The molecule has 0 aliphatic heterocycles. The molecule has 2 aromatic rings. The minimum atomic E-state index is -0.557. The van der Waals surface area contributed by atoms with Crippen LogP contribution in [0, 0.1) is 35.3 Å². The molecular weight excluding hydrogens is 276 g/mol. The van der Waals surface area contributed by atoms with E-state index in [1.54, 1.807) is 17.4 Å². The highest BCUT2D eigenvalue weighted by molar-refractivity contribution is 7.11. The molecule has 0 amide bonds. The molecule has 0 fully saturated rings. The highest BCUT2D eigenvalue weighted by Crippen LogP contribution is 2.23. The van der Waals surface area contributed by atoms with Crippen LogP contribution in [0.25, 0.3) is 0 Å². The standard InChI is InChI=1S/C13H12N4O2S/c1-8-13(20-9(2)16-8)7-15-11-3-4-12(17(18)19)10(5-11)6-14/h3-5,15H,7H2,1-2H3. The first kappa shape index (κ1) is 14.0. The molecule has 6 nitrogen and oxygen atoms in total. The molecule has 0 aliphatic carbocycles. The number of anilines is 1. The van der Waals surface area contributed by atoms with Crippen molar-refractivity contribution in [2.45, 2.75) is 20.4 Å². The van der Waals surface area contributed by atoms with E-state index >= 15 is 0 Å². The predicted molar refractivity (Wildman–Crippen MR) is 76.7 cm³/mol. The number of hydrogen-bond acceptors (Lipinski definition) is 6. The van der Waals surface area contributed by atoms with Gasteiger partial charge in [0.25, 0.3) is 5.69 Å². The van der Waals surface area contributed by atoms with Crippen molar-refractivity contribution in [3.8, 4) is 6.07 Å². The van der Waals surface area contributed by atoms with Crippen LogP contribution in [-0.4, -0.2) is 9.91 Å². The average molecular weight is 288 g/mol. The lowest BCUT2D eigenvalue weighted by Crippen LogP contribution is -2.00. The predicted octanol–water partition coefficient (Wildman–Crippen LogP) is 3.15. The van der Waals surface area contributed by atoms with Gasteiger partial charge in [0.1, 0.15) is 11.6 Å². The van der Waals surface area contributed by atoms with E-state index in [0.717, 1.165) is 15.6 Å². The van der Waals surface area contributed by atoms with Crippen molar-refractivity contribution in [1.29, 1.82) is 5.26 Å². The summed E-state index contributed by atoms with van der Waals surface area (Å²) in [6, 6.07) is 6.27. The highest BCUT2D eigenvalue weighted by atomic mass is 32.1. The fourth-order valence-electron chi connectivity index (χ4n) is 1.81. The third kappa shape index (κ3) is 2.92. The van der Waals surface area contributed by atoms with Crippen LogP contribution in [-0.2, 0) is 6.54 Å². The maximum atomic E-state index is 10.7. The summed E-state index contributed by atoms with van der Waals surface area (Å²) in [6.07, 6.45) is 0. The molecule has 1 N–H and O–H groups in total. The monoisotopic (exact) mass is 288 g/mol. The summed E-state index contributed by atoms with van der Waals surface area (Å²) in [5.41, 5.74) is 1.53. The fraction of sp³-hybridized carbons (Fsp3) is 0.231. The molecular formula is C13H12N4O2S. The Morgan fingerprint density at radius 1 is 1.50 bits per heavy atom. The molecule has 0 saturated heterocycles. The number of nitrogens with zero attached hydrogens (tertiary/aromatic N) is 3. The van der Waals surface area contributed by atoms with Gasteiger partial charge < -0.3 is 5.32 Å². The summed E-state index contributed by atoms with van der Waals surface area (Å²) >= 11 is 1.60. The van der Waals surface area contributed by atoms with E-state index in [9.17, 15) is 10.1 Å². The summed E-state index contributed by atoms with van der Waals surface area (Å²) in [6.45, 7) is 4.47. The number of rotatable bonds is 4. The van der Waals surface area contributed by atoms with Crippen LogP contribution >= 0.6 is 11.3 Å². The van der Waals surface area contributed by atoms with E-state index in [-0.39, 0.29) is 11.3 Å². The molecule has 0 bridgehead atoms. The quantitative estimate of drug-likeness (QED) is 0.689. The summed E-state index contributed by atoms with van der Waals surface area (Å²) in [5.74, 6) is 0. The summed E-state index contributed by atoms with van der Waals surface area (Å²) < 4.78 is 0. The topological polar surface area (TPSA) is 91.8 Å². The lowest BCUT2D eigenvalue weighted by molar-refractivity contribution is -0.385. The minimum absolute atomic E-state index is 0.0530. The largest absolute Gasteiger partial charge is 0.380 e. The summed E-state index contributed by atoms with van der Waals surface area (Å²) in [5, 5.41) is 23.8. The molecule has 0 saturated carbocycles. The number of hydrogen-bond donors (Lipinski definition) is 1. The van der Waals surface area contributed by atoms with Gasteiger partial charge in [0, 0.05) is 16.6 Å². The lowest BCUT2D eigenvalue weighted by Gasteiger charge is -2.05. The number of nitro groups is 1. The number of nitro benzene ring substituents is 1. The second-order valence-corrected chi connectivity index (χ2v) is 5.48. The molecule has 0 atom stereocenters. The third-order valence-corrected chi connectivity index (χ3v) is 3.84. The fourth-order valence-corrected chi connectivity index (χ4v) is 2.69. The van der Waals surface area contributed by atoms with Crippen LogP contribution in [0.2, 0.25) is 0 Å². The Balaban J connectivity index is 2.17. The smallest absolute Gasteiger partial charge is 0.287 e. The minimum Gasteiger partial charge on any atom is -0.380 e. The van der Waals surface area contributed by atoms with Crippen LogP contribution in [0.4, 0.5) is 11.4 Å². The molecule has 0 aliphatic rings. The Morgan fingerprint density at radius 3 is 2.80 bits per heavy atom. The molecule has 1 heterocycles. The second-order valence-electron chi connectivity index (χ2n) is 4.20. The van der Waals surface area contributed by atoms with E-state index in [4.69, 9.17) is 5.26 Å². The summed E-state index contributed by atoms with van der Waals surface area (Å²) in [7, 11) is 0. The van der Waals surface area contributed by atoms with Gasteiger partial charge in [0.05, 0.1) is 22.2 Å². The first-order valence-corrected chi connectivity index (χ1v) is 6.68. The molecule has 102 valence electrons. The van der Waals surface area contributed by atoms with Crippen molar-refractivity contribution in [3.63, 3.8) is 0 Å². The van der Waals surface area contributed by atoms with Crippen molar-refractivity contribution < 1.29 is 4.92 Å². The summed E-state index contributed by atoms with van der Waals surface area (Å²) in [4.78, 5) is 15.6. The Labute approximate surface area is 119 Å². The Hall–Kier alpha value is -2.46. The van der Waals surface area contributed by atoms with Gasteiger partial charge in [0.15, 0.2) is 0 Å². The van der Waals surface area contributed by atoms with Gasteiger partial charge in [-0.2, -0.15) is 5.26 Å². The van der Waals surface area contributed by atoms with Crippen molar-refractivity contribution in [3.05, 3.63) is 49.5 Å². The first-order chi connectivity index (χ1) is 9.51. The Bertz CT molecular complexity index is 703. The number of aryl methyl sites for hydroxylation is 2. The van der Waals surface area contributed by atoms with Crippen LogP contribution in [0.3, 0.4) is 0 Å². The maximum Gasteiger partial charge on any atom is 0.287 e. The second kappa shape index (κ2) is 5.67. The zero-order valence-corrected chi connectivity index (χ0v) is 11.8. The van der Waals surface area contributed by atoms with Crippen molar-refractivity contribution >= 4 is 22.7 Å². The van der Waals surface area contributed by atoms with E-state index in [2.05, 4.69) is 10.3 Å². The van der Waals surface area contributed by atoms with Crippen LogP contribution < -0.4 is 5.32 Å². The van der Waals surface area contributed by atoms with Gasteiger partial charge in [-0.1, -0.05) is 0 Å². The van der Waals surface area contributed by atoms with Gasteiger partial charge >= 0.3 is 0 Å². The van der Waals surface area contributed by atoms with Crippen LogP contribution in [0.15, 0.2) is 18.2 Å². The van der Waals surface area contributed by atoms with E-state index in [1.807, 2.05) is 19.9 Å². The molecule has 7 heteroatoms. The zero-order chi connectivity index (χ0) is 14.7. The molecule has 1 aromatic carbocycles. The SMILES string of the molecule is Cc1nc(C)c(CNc2ccc([N+](=O)[O-])c(C#N)c2)s1. The van der Waals surface area contributed by atoms with Crippen molar-refractivity contribution in [2.75, 3.05) is 5.32 Å². The molecule has 0 unspecified atom stereocenters. The number of thiazole rings is 1. The van der Waals surface area contributed by atoms with E-state index in [0.29, 0.717) is 12.2 Å². The van der Waals surface area contributed by atoms with E-state index in [1.165, 1.54) is 12.1 Å². The maximum absolute atomic E-state index is 10.7.